The van der Waals surface area contributed by atoms with Crippen molar-refractivity contribution in [1.29, 1.82) is 0 Å². The summed E-state index contributed by atoms with van der Waals surface area (Å²) in [6.45, 7) is 2.02. The summed E-state index contributed by atoms with van der Waals surface area (Å²) in [7, 11) is 2.52. The number of aliphatic hydroxyl groups is 2. The molecule has 0 heterocycles. The SMILES string of the molecule is COC(=O)CC/C(O)=C1\C(=O)CCCC1=NCC(C)N=C1CCCC(=O)/C1=C(/O)CCC(=O)OC. The van der Waals surface area contributed by atoms with Crippen LogP contribution >= 0.6 is 0 Å². The van der Waals surface area contributed by atoms with Gasteiger partial charge in [0.25, 0.3) is 0 Å². The van der Waals surface area contributed by atoms with Gasteiger partial charge in [0.05, 0.1) is 50.8 Å². The van der Waals surface area contributed by atoms with E-state index >= 15 is 0 Å². The summed E-state index contributed by atoms with van der Waals surface area (Å²) in [4.78, 5) is 56.9. The predicted octanol–water partition coefficient (Wildman–Crippen LogP) is 3.29. The lowest BCUT2D eigenvalue weighted by atomic mass is 9.89. The third-order valence-corrected chi connectivity index (χ3v) is 5.86. The van der Waals surface area contributed by atoms with E-state index in [0.29, 0.717) is 49.9 Å². The van der Waals surface area contributed by atoms with Gasteiger partial charge < -0.3 is 19.7 Å². The van der Waals surface area contributed by atoms with Crippen molar-refractivity contribution in [2.75, 3.05) is 20.8 Å². The molecule has 2 aliphatic carbocycles. The Kier molecular flexibility index (Phi) is 10.8. The van der Waals surface area contributed by atoms with E-state index < -0.39 is 11.9 Å². The predicted molar refractivity (Wildman–Crippen MR) is 129 cm³/mol. The highest BCUT2D eigenvalue weighted by molar-refractivity contribution is 6.25. The molecule has 0 saturated heterocycles. The zero-order valence-corrected chi connectivity index (χ0v) is 20.6. The number of hydrogen-bond donors (Lipinski definition) is 2. The Labute approximate surface area is 204 Å². The average molecular weight is 491 g/mol. The Morgan fingerprint density at radius 3 is 1.74 bits per heavy atom. The van der Waals surface area contributed by atoms with Gasteiger partial charge >= 0.3 is 11.9 Å². The van der Waals surface area contributed by atoms with Crippen molar-refractivity contribution in [2.24, 2.45) is 9.98 Å². The molecule has 0 aromatic carbocycles. The van der Waals surface area contributed by atoms with Crippen LogP contribution in [0.2, 0.25) is 0 Å². The smallest absolute Gasteiger partial charge is 0.305 e. The molecule has 1 unspecified atom stereocenters. The first kappa shape index (κ1) is 27.9. The van der Waals surface area contributed by atoms with Crippen LogP contribution in [0.3, 0.4) is 0 Å². The number of aliphatic imine (C=N–C) groups is 2. The monoisotopic (exact) mass is 490 g/mol. The molecule has 0 spiro atoms. The molecule has 0 radical (unpaired) electrons. The van der Waals surface area contributed by atoms with Crippen molar-refractivity contribution in [3.63, 3.8) is 0 Å². The third kappa shape index (κ3) is 8.15. The Bertz CT molecular complexity index is 974. The van der Waals surface area contributed by atoms with Crippen LogP contribution in [0.1, 0.15) is 71.1 Å². The molecule has 2 saturated carbocycles. The molecule has 0 amide bonds. The highest BCUT2D eigenvalue weighted by atomic mass is 16.5. The number of Topliss-reactive ketones (excluding diaryl/α,β-unsaturated/α-hetero) is 2. The minimum Gasteiger partial charge on any atom is -0.511 e. The Hall–Kier alpha value is -3.30. The maximum absolute atomic E-state index is 12.5. The van der Waals surface area contributed by atoms with Crippen LogP contribution in [-0.4, -0.2) is 71.9 Å². The van der Waals surface area contributed by atoms with Gasteiger partial charge in [-0.2, -0.15) is 0 Å². The number of rotatable bonds is 9. The number of ether oxygens (including phenoxy) is 2. The van der Waals surface area contributed by atoms with Gasteiger partial charge in [-0.05, 0) is 32.6 Å². The van der Waals surface area contributed by atoms with Crippen molar-refractivity contribution in [3.8, 4) is 0 Å². The zero-order valence-electron chi connectivity index (χ0n) is 20.6. The van der Waals surface area contributed by atoms with Crippen molar-refractivity contribution in [2.45, 2.75) is 77.2 Å². The van der Waals surface area contributed by atoms with Gasteiger partial charge in [-0.25, -0.2) is 0 Å². The molecule has 10 heteroatoms. The van der Waals surface area contributed by atoms with Gasteiger partial charge in [-0.3, -0.25) is 29.2 Å². The number of methoxy groups -OCH3 is 2. The van der Waals surface area contributed by atoms with E-state index in [1.165, 1.54) is 14.2 Å². The minimum absolute atomic E-state index is 0.00820. The first-order chi connectivity index (χ1) is 16.7. The first-order valence-electron chi connectivity index (χ1n) is 11.8. The Morgan fingerprint density at radius 1 is 0.800 bits per heavy atom. The maximum Gasteiger partial charge on any atom is 0.305 e. The van der Waals surface area contributed by atoms with E-state index in [2.05, 4.69) is 19.5 Å². The molecule has 2 N–H and O–H groups in total. The van der Waals surface area contributed by atoms with Crippen molar-refractivity contribution in [3.05, 3.63) is 22.7 Å². The number of esters is 2. The molecule has 0 aliphatic heterocycles. The van der Waals surface area contributed by atoms with Crippen molar-refractivity contribution >= 4 is 34.9 Å². The second kappa shape index (κ2) is 13.6. The fourth-order valence-electron chi connectivity index (χ4n) is 4.04. The molecule has 0 bridgehead atoms. The Balaban J connectivity index is 2.21. The van der Waals surface area contributed by atoms with Gasteiger partial charge in [-0.15, -0.1) is 0 Å². The van der Waals surface area contributed by atoms with Crippen LogP contribution in [-0.2, 0) is 28.7 Å². The number of carbonyl (C=O) groups excluding carboxylic acids is 4. The molecular weight excluding hydrogens is 456 g/mol. The summed E-state index contributed by atoms with van der Waals surface area (Å²) in [6, 6.07) is -0.359. The van der Waals surface area contributed by atoms with E-state index in [9.17, 15) is 29.4 Å². The number of ketones is 2. The van der Waals surface area contributed by atoms with Crippen LogP contribution < -0.4 is 0 Å². The molecule has 192 valence electrons. The minimum atomic E-state index is -0.483. The van der Waals surface area contributed by atoms with Crippen LogP contribution in [0.15, 0.2) is 32.6 Å². The van der Waals surface area contributed by atoms with Crippen LogP contribution in [0.5, 0.6) is 0 Å². The molecule has 10 nitrogen and oxygen atoms in total. The highest BCUT2D eigenvalue weighted by Gasteiger charge is 2.27. The molecule has 0 aromatic heterocycles. The van der Waals surface area contributed by atoms with Crippen LogP contribution in [0, 0.1) is 0 Å². The fourth-order valence-corrected chi connectivity index (χ4v) is 4.04. The summed E-state index contributed by atoms with van der Waals surface area (Å²) in [6.07, 6.45) is 2.76. The quantitative estimate of drug-likeness (QED) is 0.284. The molecule has 35 heavy (non-hydrogen) atoms. The van der Waals surface area contributed by atoms with Crippen molar-refractivity contribution in [1.82, 2.24) is 0 Å². The van der Waals surface area contributed by atoms with Gasteiger partial charge in [0, 0.05) is 37.1 Å². The van der Waals surface area contributed by atoms with Gasteiger partial charge in [0.2, 0.25) is 0 Å². The lowest BCUT2D eigenvalue weighted by Crippen LogP contribution is -2.25. The van der Waals surface area contributed by atoms with E-state index in [1.54, 1.807) is 0 Å². The largest absolute Gasteiger partial charge is 0.511 e. The summed E-state index contributed by atoms with van der Waals surface area (Å²) < 4.78 is 9.18. The molecule has 2 aliphatic rings. The fraction of sp³-hybridized carbons (Fsp3) is 0.600. The molecule has 1 atom stereocenters. The van der Waals surface area contributed by atoms with Crippen LogP contribution in [0.4, 0.5) is 0 Å². The first-order valence-corrected chi connectivity index (χ1v) is 11.8. The molecule has 0 aromatic rings. The van der Waals surface area contributed by atoms with Crippen LogP contribution in [0.25, 0.3) is 0 Å². The second-order valence-electron chi connectivity index (χ2n) is 8.56. The summed E-state index contributed by atoms with van der Waals surface area (Å²) in [5, 5.41) is 20.9. The number of hydrogen-bond acceptors (Lipinski definition) is 10. The van der Waals surface area contributed by atoms with E-state index in [-0.39, 0.29) is 72.5 Å². The van der Waals surface area contributed by atoms with Crippen molar-refractivity contribution < 1.29 is 38.9 Å². The Morgan fingerprint density at radius 2 is 1.26 bits per heavy atom. The van der Waals surface area contributed by atoms with E-state index in [4.69, 9.17) is 0 Å². The number of nitrogens with zero attached hydrogens (tertiary/aromatic N) is 2. The molecular formula is C25H34N2O8. The normalized spacial score (nSPS) is 22.7. The average Bonchev–Trinajstić information content (AvgIpc) is 2.84. The standard InChI is InChI=1S/C25H34N2O8/c1-15(27-17-7-5-9-19(29)25(17)21(31)11-13-23(33)35-3)14-26-16-6-4-8-18(28)24(16)20(30)10-12-22(32)34-2/h15,30-31H,4-14H2,1-3H3/b24-20+,25-21+,26-16?,27-17?. The third-order valence-electron chi connectivity index (χ3n) is 5.86. The van der Waals surface area contributed by atoms with Gasteiger partial charge in [0.15, 0.2) is 11.6 Å². The summed E-state index contributed by atoms with van der Waals surface area (Å²) in [5.74, 6) is -1.73. The molecule has 2 rings (SSSR count). The number of carbonyl (C=O) groups is 4. The lowest BCUT2D eigenvalue weighted by molar-refractivity contribution is -0.141. The number of aliphatic hydroxyl groups excluding tert-OH is 2. The summed E-state index contributed by atoms with van der Waals surface area (Å²) >= 11 is 0. The zero-order chi connectivity index (χ0) is 26.0. The molecule has 2 fully saturated rings. The lowest BCUT2D eigenvalue weighted by Gasteiger charge is -2.20. The van der Waals surface area contributed by atoms with Gasteiger partial charge in [-0.1, -0.05) is 0 Å². The number of allylic oxidation sites excluding steroid dienone is 4. The maximum atomic E-state index is 12.5. The summed E-state index contributed by atoms with van der Waals surface area (Å²) in [5.41, 5.74) is 1.28. The second-order valence-corrected chi connectivity index (χ2v) is 8.56. The topological polar surface area (TPSA) is 152 Å². The van der Waals surface area contributed by atoms with E-state index in [0.717, 1.165) is 0 Å². The highest BCUT2D eigenvalue weighted by Crippen LogP contribution is 2.25. The van der Waals surface area contributed by atoms with Gasteiger partial charge in [0.1, 0.15) is 11.5 Å². The van der Waals surface area contributed by atoms with E-state index in [1.807, 2.05) is 6.92 Å².